The fourth-order valence-electron chi connectivity index (χ4n) is 4.39. The molecule has 0 aliphatic carbocycles. The van der Waals surface area contributed by atoms with Crippen molar-refractivity contribution in [1.82, 2.24) is 15.3 Å². The number of amides is 1. The highest BCUT2D eigenvalue weighted by molar-refractivity contribution is 7.98. The van der Waals surface area contributed by atoms with Gasteiger partial charge in [-0.1, -0.05) is 78.5 Å². The number of nitrogens with two attached hydrogens (primary N) is 1. The van der Waals surface area contributed by atoms with Gasteiger partial charge in [0.1, 0.15) is 11.6 Å². The van der Waals surface area contributed by atoms with Gasteiger partial charge in [0.05, 0.1) is 32.1 Å². The smallest absolute Gasteiger partial charge is 0.270 e. The molecule has 0 bridgehead atoms. The van der Waals surface area contributed by atoms with Crippen molar-refractivity contribution in [2.45, 2.75) is 23.8 Å². The number of rotatable bonds is 19. The number of nitriles is 1. The van der Waals surface area contributed by atoms with Crippen LogP contribution in [0.25, 0.3) is 22.4 Å². The predicted molar refractivity (Wildman–Crippen MR) is 180 cm³/mol. The normalized spacial score (nSPS) is 10.9. The molecular formula is C35H39N5O5S. The maximum absolute atomic E-state index is 12.7. The first-order valence-electron chi connectivity index (χ1n) is 15.2. The number of benzene rings is 3. The van der Waals surface area contributed by atoms with Gasteiger partial charge in [0.15, 0.2) is 5.16 Å². The molecule has 0 saturated heterocycles. The van der Waals surface area contributed by atoms with Crippen LogP contribution in [0.4, 0.5) is 0 Å². The van der Waals surface area contributed by atoms with Crippen LogP contribution < -0.4 is 16.6 Å². The molecule has 0 aliphatic heterocycles. The van der Waals surface area contributed by atoms with Crippen LogP contribution in [-0.2, 0) is 20.0 Å². The minimum absolute atomic E-state index is 0.0244. The number of hydrogen-bond donors (Lipinski definition) is 3. The quantitative estimate of drug-likeness (QED) is 0.0746. The summed E-state index contributed by atoms with van der Waals surface area (Å²) >= 11 is 1.35. The highest BCUT2D eigenvalue weighted by Gasteiger charge is 2.14. The lowest BCUT2D eigenvalue weighted by Crippen LogP contribution is -2.25. The minimum atomic E-state index is -0.479. The molecule has 46 heavy (non-hydrogen) atoms. The highest BCUT2D eigenvalue weighted by Crippen LogP contribution is 2.27. The van der Waals surface area contributed by atoms with E-state index >= 15 is 0 Å². The van der Waals surface area contributed by atoms with Gasteiger partial charge < -0.3 is 30.2 Å². The van der Waals surface area contributed by atoms with Crippen LogP contribution in [0.15, 0.2) is 88.8 Å². The first-order valence-corrected chi connectivity index (χ1v) is 16.2. The molecule has 240 valence electrons. The summed E-state index contributed by atoms with van der Waals surface area (Å²) in [6.45, 7) is 4.37. The van der Waals surface area contributed by atoms with E-state index in [4.69, 9.17) is 19.9 Å². The molecule has 0 atom stereocenters. The van der Waals surface area contributed by atoms with Crippen LogP contribution >= 0.6 is 11.8 Å². The van der Waals surface area contributed by atoms with E-state index in [9.17, 15) is 14.9 Å². The first-order chi connectivity index (χ1) is 22.6. The third kappa shape index (κ3) is 10.9. The number of hydrogen-bond acceptors (Lipinski definition) is 9. The molecule has 4 N–H and O–H groups in total. The van der Waals surface area contributed by atoms with Crippen LogP contribution in [-0.4, -0.2) is 68.6 Å². The Morgan fingerprint density at radius 2 is 1.43 bits per heavy atom. The van der Waals surface area contributed by atoms with Gasteiger partial charge in [-0.2, -0.15) is 5.26 Å². The molecule has 1 aromatic heterocycles. The number of H-pyrrole nitrogens is 1. The van der Waals surface area contributed by atoms with Crippen LogP contribution in [0.5, 0.6) is 0 Å². The van der Waals surface area contributed by atoms with Crippen molar-refractivity contribution < 1.29 is 19.0 Å². The average Bonchev–Trinajstić information content (AvgIpc) is 3.09. The van der Waals surface area contributed by atoms with Crippen molar-refractivity contribution >= 4 is 17.7 Å². The Morgan fingerprint density at radius 3 is 2.09 bits per heavy atom. The van der Waals surface area contributed by atoms with Gasteiger partial charge in [-0.05, 0) is 48.2 Å². The number of aromatic amines is 1. The van der Waals surface area contributed by atoms with Crippen LogP contribution in [0, 0.1) is 11.3 Å². The Kier molecular flexibility index (Phi) is 14.5. The van der Waals surface area contributed by atoms with Gasteiger partial charge in [0.2, 0.25) is 0 Å². The molecule has 1 heterocycles. The van der Waals surface area contributed by atoms with Crippen LogP contribution in [0.1, 0.15) is 34.3 Å². The summed E-state index contributed by atoms with van der Waals surface area (Å²) in [7, 11) is 0. The molecule has 0 aliphatic rings. The Balaban J connectivity index is 1.20. The van der Waals surface area contributed by atoms with E-state index in [0.29, 0.717) is 86.9 Å². The summed E-state index contributed by atoms with van der Waals surface area (Å²) in [5, 5.41) is 13.0. The lowest BCUT2D eigenvalue weighted by Gasteiger charge is -2.09. The molecule has 0 radical (unpaired) electrons. The third-order valence-electron chi connectivity index (χ3n) is 6.85. The molecule has 10 nitrogen and oxygen atoms in total. The van der Waals surface area contributed by atoms with Crippen molar-refractivity contribution in [3.8, 4) is 28.5 Å². The lowest BCUT2D eigenvalue weighted by molar-refractivity contribution is 0.0141. The Hall–Kier alpha value is -4.31. The highest BCUT2D eigenvalue weighted by atomic mass is 32.2. The first kappa shape index (κ1) is 34.6. The van der Waals surface area contributed by atoms with Gasteiger partial charge in [-0.25, -0.2) is 4.98 Å². The average molecular weight is 642 g/mol. The van der Waals surface area contributed by atoms with Crippen molar-refractivity contribution in [2.75, 3.05) is 52.7 Å². The lowest BCUT2D eigenvalue weighted by atomic mass is 10.0. The van der Waals surface area contributed by atoms with E-state index in [0.717, 1.165) is 23.1 Å². The second-order valence-corrected chi connectivity index (χ2v) is 11.2. The maximum Gasteiger partial charge on any atom is 0.270 e. The summed E-state index contributed by atoms with van der Waals surface area (Å²) in [5.41, 5.74) is 9.57. The van der Waals surface area contributed by atoms with E-state index in [2.05, 4.69) is 15.3 Å². The number of nitrogens with zero attached hydrogens (tertiary/aromatic N) is 2. The maximum atomic E-state index is 12.7. The third-order valence-corrected chi connectivity index (χ3v) is 7.80. The van der Waals surface area contributed by atoms with Crippen molar-refractivity contribution in [3.63, 3.8) is 0 Å². The molecule has 1 amide bonds. The monoisotopic (exact) mass is 641 g/mol. The minimum Gasteiger partial charge on any atom is -0.379 e. The molecule has 4 rings (SSSR count). The zero-order valence-corrected chi connectivity index (χ0v) is 26.5. The van der Waals surface area contributed by atoms with Gasteiger partial charge >= 0.3 is 0 Å². The van der Waals surface area contributed by atoms with E-state index in [-0.39, 0.29) is 11.5 Å². The fraction of sp³-hybridized carbons (Fsp3) is 0.314. The molecule has 0 fully saturated rings. The topological polar surface area (TPSA) is 152 Å². The number of ether oxygens (including phenoxy) is 3. The van der Waals surface area contributed by atoms with Crippen molar-refractivity contribution in [2.24, 2.45) is 5.73 Å². The Morgan fingerprint density at radius 1 is 0.826 bits per heavy atom. The second-order valence-electron chi connectivity index (χ2n) is 10.2. The van der Waals surface area contributed by atoms with E-state index in [1.165, 1.54) is 11.8 Å². The van der Waals surface area contributed by atoms with Gasteiger partial charge in [-0.3, -0.25) is 9.59 Å². The van der Waals surface area contributed by atoms with Gasteiger partial charge in [0, 0.05) is 36.6 Å². The van der Waals surface area contributed by atoms with Gasteiger partial charge in [-0.15, -0.1) is 0 Å². The number of thioether (sulfide) groups is 1. The zero-order chi connectivity index (χ0) is 32.4. The molecule has 0 unspecified atom stereocenters. The predicted octanol–water partition coefficient (Wildman–Crippen LogP) is 4.79. The molecular weight excluding hydrogens is 602 g/mol. The van der Waals surface area contributed by atoms with E-state index in [1.54, 1.807) is 12.1 Å². The fourth-order valence-corrected chi connectivity index (χ4v) is 5.21. The summed E-state index contributed by atoms with van der Waals surface area (Å²) in [4.78, 5) is 32.6. The molecule has 0 spiro atoms. The molecule has 11 heteroatoms. The molecule has 4 aromatic rings. The summed E-state index contributed by atoms with van der Waals surface area (Å²) in [6, 6.07) is 26.9. The summed E-state index contributed by atoms with van der Waals surface area (Å²) < 4.78 is 16.3. The summed E-state index contributed by atoms with van der Waals surface area (Å²) in [6.07, 6.45) is 1.54. The second kappa shape index (κ2) is 19.3. The SMILES string of the molecule is N#Cc1c(-c2ccc(-c3ccccc3)cc2)nc(SCc2ccc(C(=O)NCCCOCCOCCOCCCN)cc2)[nH]c1=O. The van der Waals surface area contributed by atoms with E-state index < -0.39 is 5.56 Å². The van der Waals surface area contributed by atoms with Crippen LogP contribution in [0.3, 0.4) is 0 Å². The van der Waals surface area contributed by atoms with Crippen molar-refractivity contribution in [1.29, 1.82) is 5.26 Å². The van der Waals surface area contributed by atoms with Crippen LogP contribution in [0.2, 0.25) is 0 Å². The molecule has 3 aromatic carbocycles. The van der Waals surface area contributed by atoms with Crippen molar-refractivity contribution in [3.05, 3.63) is 106 Å². The number of nitrogens with one attached hydrogen (secondary N) is 2. The number of carbonyl (C=O) groups is 1. The standard InChI is InChI=1S/C35H39N5O5S/c36-16-4-18-43-20-22-45-23-21-44-19-5-17-38-33(41)30-10-8-26(9-11-30)25-46-35-39-32(31(24-37)34(42)40-35)29-14-12-28(13-15-29)27-6-2-1-3-7-27/h1-3,6-15H,4-5,16-23,25,36H2,(H,38,41)(H,39,40,42). The van der Waals surface area contributed by atoms with Gasteiger partial charge in [0.25, 0.3) is 11.5 Å². The van der Waals surface area contributed by atoms with E-state index in [1.807, 2.05) is 72.8 Å². The number of aromatic nitrogens is 2. The molecule has 0 saturated carbocycles. The summed E-state index contributed by atoms with van der Waals surface area (Å²) in [5.74, 6) is 0.365. The Bertz CT molecular complexity index is 1610. The number of carbonyl (C=O) groups excluding carboxylic acids is 1. The zero-order valence-electron chi connectivity index (χ0n) is 25.7. The Labute approximate surface area is 273 Å². The largest absolute Gasteiger partial charge is 0.379 e.